The van der Waals surface area contributed by atoms with Crippen LogP contribution in [0.2, 0.25) is 0 Å². The molecule has 3 heteroatoms. The van der Waals surface area contributed by atoms with E-state index in [-0.39, 0.29) is 0 Å². The Labute approximate surface area is 109 Å². The van der Waals surface area contributed by atoms with Gasteiger partial charge >= 0.3 is 0 Å². The van der Waals surface area contributed by atoms with Crippen LogP contribution in [0.25, 0.3) is 11.0 Å². The summed E-state index contributed by atoms with van der Waals surface area (Å²) in [5.74, 6) is 2.04. The van der Waals surface area contributed by atoms with Crippen molar-refractivity contribution in [1.29, 1.82) is 0 Å². The molecule has 1 aromatic heterocycles. The van der Waals surface area contributed by atoms with Crippen molar-refractivity contribution in [3.8, 4) is 0 Å². The second-order valence-electron chi connectivity index (χ2n) is 5.27. The van der Waals surface area contributed by atoms with Crippen molar-refractivity contribution in [3.63, 3.8) is 0 Å². The molecule has 0 aliphatic heterocycles. The summed E-state index contributed by atoms with van der Waals surface area (Å²) in [7, 11) is 2.10. The Balaban J connectivity index is 2.54. The number of aromatic nitrogens is 2. The van der Waals surface area contributed by atoms with Gasteiger partial charge in [0, 0.05) is 13.0 Å². The van der Waals surface area contributed by atoms with E-state index in [4.69, 9.17) is 10.7 Å². The van der Waals surface area contributed by atoms with E-state index in [0.717, 1.165) is 17.8 Å². The van der Waals surface area contributed by atoms with Crippen molar-refractivity contribution in [2.45, 2.75) is 39.0 Å². The first-order valence-electron chi connectivity index (χ1n) is 6.74. The smallest absolute Gasteiger partial charge is 0.112 e. The predicted octanol–water partition coefficient (Wildman–Crippen LogP) is 3.15. The molecule has 0 bridgehead atoms. The van der Waals surface area contributed by atoms with Crippen molar-refractivity contribution in [1.82, 2.24) is 9.55 Å². The number of benzene rings is 1. The molecule has 0 fully saturated rings. The first-order valence-corrected chi connectivity index (χ1v) is 6.74. The van der Waals surface area contributed by atoms with Gasteiger partial charge in [-0.15, -0.1) is 0 Å². The van der Waals surface area contributed by atoms with E-state index < -0.39 is 0 Å². The molecule has 2 aromatic rings. The quantitative estimate of drug-likeness (QED) is 0.899. The molecule has 3 nitrogen and oxygen atoms in total. The maximum atomic E-state index is 5.83. The molecule has 2 rings (SSSR count). The maximum absolute atomic E-state index is 5.83. The summed E-state index contributed by atoms with van der Waals surface area (Å²) in [6.45, 7) is 7.25. The van der Waals surface area contributed by atoms with E-state index >= 15 is 0 Å². The monoisotopic (exact) mass is 245 g/mol. The van der Waals surface area contributed by atoms with Gasteiger partial charge < -0.3 is 10.3 Å². The molecule has 1 aromatic carbocycles. The van der Waals surface area contributed by atoms with Crippen LogP contribution in [0.15, 0.2) is 18.2 Å². The fourth-order valence-corrected chi connectivity index (χ4v) is 2.53. The van der Waals surface area contributed by atoms with Gasteiger partial charge in [-0.05, 0) is 36.6 Å². The Morgan fingerprint density at radius 1 is 1.33 bits per heavy atom. The largest absolute Gasteiger partial charge is 0.331 e. The molecule has 98 valence electrons. The van der Waals surface area contributed by atoms with Gasteiger partial charge in [0.15, 0.2) is 0 Å². The summed E-state index contributed by atoms with van der Waals surface area (Å²) in [4.78, 5) is 4.70. The van der Waals surface area contributed by atoms with Crippen LogP contribution < -0.4 is 5.73 Å². The van der Waals surface area contributed by atoms with E-state index in [1.807, 2.05) is 0 Å². The van der Waals surface area contributed by atoms with Gasteiger partial charge in [-0.25, -0.2) is 4.98 Å². The summed E-state index contributed by atoms with van der Waals surface area (Å²) >= 11 is 0. The van der Waals surface area contributed by atoms with Crippen LogP contribution in [0.5, 0.6) is 0 Å². The summed E-state index contributed by atoms with van der Waals surface area (Å²) in [5.41, 5.74) is 9.44. The highest BCUT2D eigenvalue weighted by atomic mass is 15.1. The summed E-state index contributed by atoms with van der Waals surface area (Å²) < 4.78 is 2.20. The minimum absolute atomic E-state index is 0.447. The standard InChI is InChI=1S/C15H23N3/c1-5-11(9-16)12-6-7-13-14(8-12)18(4)15(17-13)10(2)3/h6-8,10-11H,5,9,16H2,1-4H3. The highest BCUT2D eigenvalue weighted by molar-refractivity contribution is 5.77. The third-order valence-electron chi connectivity index (χ3n) is 3.70. The molecule has 18 heavy (non-hydrogen) atoms. The number of hydrogen-bond donors (Lipinski definition) is 1. The first kappa shape index (κ1) is 13.1. The highest BCUT2D eigenvalue weighted by Gasteiger charge is 2.13. The molecule has 0 saturated carbocycles. The number of fused-ring (bicyclic) bond motifs is 1. The average molecular weight is 245 g/mol. The van der Waals surface area contributed by atoms with Crippen LogP contribution in [0.3, 0.4) is 0 Å². The molecule has 0 radical (unpaired) electrons. The normalized spacial score (nSPS) is 13.4. The van der Waals surface area contributed by atoms with E-state index in [2.05, 4.69) is 50.6 Å². The molecule has 2 N–H and O–H groups in total. The molecule has 0 aliphatic carbocycles. The Morgan fingerprint density at radius 3 is 2.61 bits per heavy atom. The molecule has 0 spiro atoms. The fourth-order valence-electron chi connectivity index (χ4n) is 2.53. The number of nitrogens with zero attached hydrogens (tertiary/aromatic N) is 2. The van der Waals surface area contributed by atoms with Crippen LogP contribution in [0.1, 0.15) is 50.4 Å². The topological polar surface area (TPSA) is 43.8 Å². The van der Waals surface area contributed by atoms with Gasteiger partial charge in [-0.2, -0.15) is 0 Å². The van der Waals surface area contributed by atoms with Gasteiger partial charge in [0.2, 0.25) is 0 Å². The van der Waals surface area contributed by atoms with E-state index in [0.29, 0.717) is 18.4 Å². The fraction of sp³-hybridized carbons (Fsp3) is 0.533. The van der Waals surface area contributed by atoms with Crippen molar-refractivity contribution in [3.05, 3.63) is 29.6 Å². The minimum atomic E-state index is 0.447. The van der Waals surface area contributed by atoms with Gasteiger partial charge in [-0.1, -0.05) is 26.8 Å². The van der Waals surface area contributed by atoms with Crippen molar-refractivity contribution in [2.24, 2.45) is 12.8 Å². The number of rotatable bonds is 4. The van der Waals surface area contributed by atoms with Crippen LogP contribution >= 0.6 is 0 Å². The molecule has 0 saturated heterocycles. The number of imidazole rings is 1. The first-order chi connectivity index (χ1) is 8.58. The molecule has 1 atom stereocenters. The number of hydrogen-bond acceptors (Lipinski definition) is 2. The Kier molecular flexibility index (Phi) is 3.71. The second kappa shape index (κ2) is 5.11. The van der Waals surface area contributed by atoms with E-state index in [1.165, 1.54) is 11.1 Å². The van der Waals surface area contributed by atoms with E-state index in [1.54, 1.807) is 0 Å². The minimum Gasteiger partial charge on any atom is -0.331 e. The van der Waals surface area contributed by atoms with Crippen LogP contribution in [-0.2, 0) is 7.05 Å². The maximum Gasteiger partial charge on any atom is 0.112 e. The lowest BCUT2D eigenvalue weighted by atomic mass is 9.96. The van der Waals surface area contributed by atoms with Crippen molar-refractivity contribution >= 4 is 11.0 Å². The third kappa shape index (κ3) is 2.15. The Bertz CT molecular complexity index is 536. The Morgan fingerprint density at radius 2 is 2.06 bits per heavy atom. The molecular formula is C15H23N3. The summed E-state index contributed by atoms with van der Waals surface area (Å²) in [6.07, 6.45) is 1.08. The zero-order valence-corrected chi connectivity index (χ0v) is 11.8. The summed E-state index contributed by atoms with van der Waals surface area (Å²) in [5, 5.41) is 0. The molecule has 0 aliphatic rings. The van der Waals surface area contributed by atoms with Crippen molar-refractivity contribution in [2.75, 3.05) is 6.54 Å². The van der Waals surface area contributed by atoms with Gasteiger partial charge in [0.1, 0.15) is 5.82 Å². The molecule has 0 amide bonds. The predicted molar refractivity (Wildman–Crippen MR) is 76.9 cm³/mol. The number of nitrogens with two attached hydrogens (primary N) is 1. The summed E-state index contributed by atoms with van der Waals surface area (Å²) in [6, 6.07) is 6.53. The van der Waals surface area contributed by atoms with E-state index in [9.17, 15) is 0 Å². The van der Waals surface area contributed by atoms with Gasteiger partial charge in [0.05, 0.1) is 11.0 Å². The third-order valence-corrected chi connectivity index (χ3v) is 3.70. The lowest BCUT2D eigenvalue weighted by Gasteiger charge is -2.12. The SMILES string of the molecule is CCC(CN)c1ccc2nc(C(C)C)n(C)c2c1. The van der Waals surface area contributed by atoms with Crippen LogP contribution in [-0.4, -0.2) is 16.1 Å². The lowest BCUT2D eigenvalue weighted by Crippen LogP contribution is -2.11. The Hall–Kier alpha value is -1.35. The highest BCUT2D eigenvalue weighted by Crippen LogP contribution is 2.25. The molecule has 1 unspecified atom stereocenters. The van der Waals surface area contributed by atoms with Crippen LogP contribution in [0.4, 0.5) is 0 Å². The van der Waals surface area contributed by atoms with Crippen LogP contribution in [0, 0.1) is 0 Å². The molecular weight excluding hydrogens is 222 g/mol. The zero-order valence-electron chi connectivity index (χ0n) is 11.8. The van der Waals surface area contributed by atoms with Crippen molar-refractivity contribution < 1.29 is 0 Å². The lowest BCUT2D eigenvalue weighted by molar-refractivity contribution is 0.674. The number of aryl methyl sites for hydroxylation is 1. The molecule has 1 heterocycles. The average Bonchev–Trinajstić information content (AvgIpc) is 2.69. The van der Waals surface area contributed by atoms with Gasteiger partial charge in [-0.3, -0.25) is 0 Å². The zero-order chi connectivity index (χ0) is 13.3. The van der Waals surface area contributed by atoms with Gasteiger partial charge in [0.25, 0.3) is 0 Å². The second-order valence-corrected chi connectivity index (χ2v) is 5.27.